The Bertz CT molecular complexity index is 1300. The summed E-state index contributed by atoms with van der Waals surface area (Å²) in [7, 11) is 0. The molecule has 1 amide bonds. The van der Waals surface area contributed by atoms with Crippen molar-refractivity contribution in [1.29, 1.82) is 0 Å². The molecule has 2 aromatic carbocycles. The lowest BCUT2D eigenvalue weighted by Gasteiger charge is -2.36. The van der Waals surface area contributed by atoms with Crippen molar-refractivity contribution in [3.8, 4) is 17.1 Å². The van der Waals surface area contributed by atoms with Gasteiger partial charge in [-0.15, -0.1) is 0 Å². The van der Waals surface area contributed by atoms with Gasteiger partial charge in [0, 0.05) is 43.0 Å². The molecule has 0 atom stereocenters. The highest BCUT2D eigenvalue weighted by atomic mass is 35.5. The lowest BCUT2D eigenvalue weighted by molar-refractivity contribution is 0.0737. The molecule has 7 heteroatoms. The highest BCUT2D eigenvalue weighted by Crippen LogP contribution is 2.27. The zero-order valence-electron chi connectivity index (χ0n) is 18.7. The number of piperazine rings is 1. The third kappa shape index (κ3) is 4.26. The van der Waals surface area contributed by atoms with Crippen LogP contribution in [0, 0.1) is 13.8 Å². The number of anilines is 1. The average molecular weight is 461 g/mol. The van der Waals surface area contributed by atoms with Crippen molar-refractivity contribution in [2.75, 3.05) is 31.1 Å². The molecular formula is C26H25ClN4O2. The molecule has 0 spiro atoms. The van der Waals surface area contributed by atoms with Crippen LogP contribution in [0.1, 0.15) is 21.8 Å². The summed E-state index contributed by atoms with van der Waals surface area (Å²) < 4.78 is 7.43. The Morgan fingerprint density at radius 2 is 1.73 bits per heavy atom. The van der Waals surface area contributed by atoms with Crippen LogP contribution < -0.4 is 4.90 Å². The van der Waals surface area contributed by atoms with Crippen molar-refractivity contribution in [1.82, 2.24) is 14.7 Å². The standard InChI is InChI=1S/C26H25ClN4O2/c1-18-6-3-4-9-23(18)29-12-14-30(15-13-29)26(32)24-17-22(25-11-10-19(2)33-25)28-31(24)21-8-5-7-20(27)16-21/h3-11,16-17H,12-15H2,1-2H3. The number of benzene rings is 2. The van der Waals surface area contributed by atoms with E-state index in [0.29, 0.717) is 35.3 Å². The smallest absolute Gasteiger partial charge is 0.272 e. The second-order valence-corrected chi connectivity index (χ2v) is 8.72. The maximum absolute atomic E-state index is 13.6. The summed E-state index contributed by atoms with van der Waals surface area (Å²) in [6.07, 6.45) is 0. The minimum Gasteiger partial charge on any atom is -0.460 e. The summed E-state index contributed by atoms with van der Waals surface area (Å²) in [4.78, 5) is 17.9. The van der Waals surface area contributed by atoms with E-state index < -0.39 is 0 Å². The van der Waals surface area contributed by atoms with Gasteiger partial charge in [-0.1, -0.05) is 35.9 Å². The zero-order valence-corrected chi connectivity index (χ0v) is 19.4. The molecule has 1 fully saturated rings. The predicted molar refractivity (Wildman–Crippen MR) is 130 cm³/mol. The SMILES string of the molecule is Cc1ccc(-c2cc(C(=O)N3CCN(c4ccccc4C)CC3)n(-c3cccc(Cl)c3)n2)o1. The van der Waals surface area contributed by atoms with Crippen molar-refractivity contribution in [2.24, 2.45) is 0 Å². The summed E-state index contributed by atoms with van der Waals surface area (Å²) >= 11 is 6.23. The van der Waals surface area contributed by atoms with Gasteiger partial charge < -0.3 is 14.2 Å². The molecule has 1 aliphatic heterocycles. The quantitative estimate of drug-likeness (QED) is 0.411. The van der Waals surface area contributed by atoms with E-state index >= 15 is 0 Å². The van der Waals surface area contributed by atoms with Gasteiger partial charge in [0.05, 0.1) is 5.69 Å². The zero-order chi connectivity index (χ0) is 22.9. The van der Waals surface area contributed by atoms with Crippen molar-refractivity contribution in [3.63, 3.8) is 0 Å². The second-order valence-electron chi connectivity index (χ2n) is 8.28. The highest BCUT2D eigenvalue weighted by molar-refractivity contribution is 6.30. The molecule has 0 bridgehead atoms. The third-order valence-electron chi connectivity index (χ3n) is 6.00. The van der Waals surface area contributed by atoms with Gasteiger partial charge in [-0.25, -0.2) is 4.68 Å². The molecular weight excluding hydrogens is 436 g/mol. The fraction of sp³-hybridized carbons (Fsp3) is 0.231. The number of para-hydroxylation sites is 1. The number of aryl methyl sites for hydroxylation is 2. The van der Waals surface area contributed by atoms with Crippen molar-refractivity contribution in [2.45, 2.75) is 13.8 Å². The first-order valence-electron chi connectivity index (χ1n) is 11.0. The van der Waals surface area contributed by atoms with Crippen LogP contribution in [0.4, 0.5) is 5.69 Å². The first-order valence-corrected chi connectivity index (χ1v) is 11.4. The Balaban J connectivity index is 1.44. The Labute approximate surface area is 198 Å². The molecule has 2 aromatic heterocycles. The molecule has 0 unspecified atom stereocenters. The predicted octanol–water partition coefficient (Wildman–Crippen LogP) is 5.36. The molecule has 6 nitrogen and oxygen atoms in total. The maximum Gasteiger partial charge on any atom is 0.272 e. The molecule has 1 saturated heterocycles. The molecule has 168 valence electrons. The Kier molecular flexibility index (Phi) is 5.68. The lowest BCUT2D eigenvalue weighted by atomic mass is 10.1. The van der Waals surface area contributed by atoms with E-state index in [1.54, 1.807) is 22.9 Å². The second kappa shape index (κ2) is 8.79. The first kappa shape index (κ1) is 21.3. The number of halogens is 1. The van der Waals surface area contributed by atoms with Crippen LogP contribution in [0.2, 0.25) is 5.02 Å². The largest absolute Gasteiger partial charge is 0.460 e. The van der Waals surface area contributed by atoms with Crippen LogP contribution in [0.25, 0.3) is 17.1 Å². The molecule has 1 aliphatic rings. The molecule has 0 radical (unpaired) electrons. The number of hydrogen-bond acceptors (Lipinski definition) is 4. The molecule has 0 N–H and O–H groups in total. The van der Waals surface area contributed by atoms with Crippen LogP contribution in [-0.4, -0.2) is 46.8 Å². The van der Waals surface area contributed by atoms with E-state index in [0.717, 1.165) is 24.5 Å². The van der Waals surface area contributed by atoms with Gasteiger partial charge in [-0.05, 0) is 55.8 Å². The third-order valence-corrected chi connectivity index (χ3v) is 6.23. The van der Waals surface area contributed by atoms with Crippen molar-refractivity contribution < 1.29 is 9.21 Å². The van der Waals surface area contributed by atoms with Gasteiger partial charge in [0.25, 0.3) is 5.91 Å². The molecule has 0 aliphatic carbocycles. The monoisotopic (exact) mass is 460 g/mol. The normalized spacial score (nSPS) is 14.0. The average Bonchev–Trinajstić information content (AvgIpc) is 3.46. The topological polar surface area (TPSA) is 54.5 Å². The van der Waals surface area contributed by atoms with E-state index in [1.807, 2.05) is 42.2 Å². The molecule has 0 saturated carbocycles. The van der Waals surface area contributed by atoms with E-state index in [9.17, 15) is 4.79 Å². The Morgan fingerprint density at radius 1 is 0.939 bits per heavy atom. The van der Waals surface area contributed by atoms with Crippen LogP contribution in [0.3, 0.4) is 0 Å². The van der Waals surface area contributed by atoms with Gasteiger partial charge >= 0.3 is 0 Å². The van der Waals surface area contributed by atoms with E-state index in [-0.39, 0.29) is 5.91 Å². The van der Waals surface area contributed by atoms with Gasteiger partial charge in [-0.3, -0.25) is 4.79 Å². The van der Waals surface area contributed by atoms with E-state index in [4.69, 9.17) is 21.1 Å². The molecule has 33 heavy (non-hydrogen) atoms. The number of aromatic nitrogens is 2. The number of carbonyl (C=O) groups is 1. The Hall–Kier alpha value is -3.51. The highest BCUT2D eigenvalue weighted by Gasteiger charge is 2.27. The van der Waals surface area contributed by atoms with Crippen LogP contribution >= 0.6 is 11.6 Å². The van der Waals surface area contributed by atoms with E-state index in [1.165, 1.54) is 11.3 Å². The minimum atomic E-state index is -0.0542. The van der Waals surface area contributed by atoms with Crippen LogP contribution in [0.5, 0.6) is 0 Å². The van der Waals surface area contributed by atoms with Crippen LogP contribution in [-0.2, 0) is 0 Å². The summed E-state index contributed by atoms with van der Waals surface area (Å²) in [6, 6.07) is 21.3. The number of amides is 1. The fourth-order valence-corrected chi connectivity index (χ4v) is 4.45. The van der Waals surface area contributed by atoms with Gasteiger partial charge in [0.1, 0.15) is 17.1 Å². The lowest BCUT2D eigenvalue weighted by Crippen LogP contribution is -2.49. The minimum absolute atomic E-state index is 0.0542. The summed E-state index contributed by atoms with van der Waals surface area (Å²) in [5, 5.41) is 5.29. The number of nitrogens with zero attached hydrogens (tertiary/aromatic N) is 4. The van der Waals surface area contributed by atoms with Crippen molar-refractivity contribution in [3.05, 3.63) is 88.8 Å². The van der Waals surface area contributed by atoms with Crippen LogP contribution in [0.15, 0.2) is 71.1 Å². The number of hydrogen-bond donors (Lipinski definition) is 0. The first-order chi connectivity index (χ1) is 16.0. The summed E-state index contributed by atoms with van der Waals surface area (Å²) in [6.45, 7) is 6.86. The molecule has 4 aromatic rings. The van der Waals surface area contributed by atoms with E-state index in [2.05, 4.69) is 30.0 Å². The van der Waals surface area contributed by atoms with Crippen molar-refractivity contribution >= 4 is 23.2 Å². The van der Waals surface area contributed by atoms with Gasteiger partial charge in [0.15, 0.2) is 5.76 Å². The molecule has 3 heterocycles. The number of rotatable bonds is 4. The summed E-state index contributed by atoms with van der Waals surface area (Å²) in [5.74, 6) is 1.37. The maximum atomic E-state index is 13.6. The number of furan rings is 1. The van der Waals surface area contributed by atoms with Gasteiger partial charge in [0.2, 0.25) is 0 Å². The Morgan fingerprint density at radius 3 is 2.42 bits per heavy atom. The fourth-order valence-electron chi connectivity index (χ4n) is 4.26. The number of carbonyl (C=O) groups excluding carboxylic acids is 1. The molecule has 5 rings (SSSR count). The summed E-state index contributed by atoms with van der Waals surface area (Å²) in [5.41, 5.74) is 4.31. The van der Waals surface area contributed by atoms with Gasteiger partial charge in [-0.2, -0.15) is 5.10 Å².